The van der Waals surface area contributed by atoms with Crippen LogP contribution in [0.4, 0.5) is 11.4 Å². The van der Waals surface area contributed by atoms with Crippen molar-refractivity contribution < 1.29 is 14.8 Å². The predicted molar refractivity (Wildman–Crippen MR) is 178 cm³/mol. The van der Waals surface area contributed by atoms with Gasteiger partial charge in [0.05, 0.1) is 11.5 Å². The topological polar surface area (TPSA) is 103 Å². The van der Waals surface area contributed by atoms with E-state index >= 15 is 0 Å². The molecule has 13 heteroatoms. The lowest BCUT2D eigenvalue weighted by Crippen LogP contribution is -2.53. The Morgan fingerprint density at radius 1 is 1.07 bits per heavy atom. The molecular formula is C29H33Br2Cl2N5O4. The van der Waals surface area contributed by atoms with E-state index in [4.69, 9.17) is 32.9 Å². The lowest BCUT2D eigenvalue weighted by atomic mass is 10.1. The molecule has 1 aliphatic rings. The number of anilines is 1. The molecule has 0 unspecified atom stereocenters. The smallest absolute Gasteiger partial charge is 0.311 e. The fraction of sp³-hybridized carbons (Fsp3) is 0.345. The first-order valence-corrected chi connectivity index (χ1v) is 14.9. The second-order valence-corrected chi connectivity index (χ2v) is 11.2. The molecule has 1 saturated heterocycles. The Kier molecular flexibility index (Phi) is 13.0. The van der Waals surface area contributed by atoms with Gasteiger partial charge < -0.3 is 25.0 Å². The number of guanidine groups is 1. The van der Waals surface area contributed by atoms with Crippen molar-refractivity contribution in [2.75, 3.05) is 50.8 Å². The molecule has 1 heterocycles. The van der Waals surface area contributed by atoms with E-state index in [0.717, 1.165) is 27.2 Å². The van der Waals surface area contributed by atoms with Crippen LogP contribution in [0.1, 0.15) is 18.1 Å². The van der Waals surface area contributed by atoms with E-state index in [-0.39, 0.29) is 34.2 Å². The molecule has 42 heavy (non-hydrogen) atoms. The number of halogens is 4. The van der Waals surface area contributed by atoms with Crippen LogP contribution in [-0.4, -0.2) is 66.8 Å². The van der Waals surface area contributed by atoms with Gasteiger partial charge in [0.2, 0.25) is 0 Å². The molecule has 9 nitrogen and oxygen atoms in total. The van der Waals surface area contributed by atoms with E-state index in [2.05, 4.69) is 31.0 Å². The first-order chi connectivity index (χ1) is 19.7. The largest absolute Gasteiger partial charge is 0.508 e. The molecule has 1 aliphatic heterocycles. The van der Waals surface area contributed by atoms with Crippen LogP contribution in [0.3, 0.4) is 0 Å². The van der Waals surface area contributed by atoms with E-state index in [1.165, 1.54) is 6.07 Å². The number of nitro groups is 1. The molecule has 1 fully saturated rings. The molecule has 0 atom stereocenters. The minimum Gasteiger partial charge on any atom is -0.508 e. The molecule has 4 rings (SSSR count). The van der Waals surface area contributed by atoms with Crippen molar-refractivity contribution in [2.45, 2.75) is 19.8 Å². The average molecular weight is 746 g/mol. The summed E-state index contributed by atoms with van der Waals surface area (Å²) >= 11 is 16.0. The summed E-state index contributed by atoms with van der Waals surface area (Å²) in [5.41, 5.74) is 2.83. The van der Waals surface area contributed by atoms with Crippen molar-refractivity contribution in [1.29, 1.82) is 0 Å². The Labute approximate surface area is 274 Å². The highest BCUT2D eigenvalue weighted by atomic mass is 79.9. The standard InChI is InChI=1S/C29H32BrCl2N5O4.BrH/c1-2-41-28-19-23(5-8-27(28)37(39)40)35-13-15-36(16-14-35)29(33-11-9-20-3-4-22(31)18-26(20)32)34-12-10-21-17-24(38)6-7-25(21)30;/h3-8,17-19,38H,2,9-16H2,1H3,(H,33,34);1H. The van der Waals surface area contributed by atoms with Gasteiger partial charge in [-0.3, -0.25) is 15.1 Å². The summed E-state index contributed by atoms with van der Waals surface area (Å²) in [6, 6.07) is 15.7. The molecule has 0 aliphatic carbocycles. The van der Waals surface area contributed by atoms with Gasteiger partial charge in [-0.1, -0.05) is 45.2 Å². The van der Waals surface area contributed by atoms with Crippen molar-refractivity contribution in [1.82, 2.24) is 10.2 Å². The third kappa shape index (κ3) is 9.13. The van der Waals surface area contributed by atoms with Gasteiger partial charge in [0.25, 0.3) is 0 Å². The molecule has 226 valence electrons. The maximum absolute atomic E-state index is 11.4. The van der Waals surface area contributed by atoms with Gasteiger partial charge in [-0.15, -0.1) is 17.0 Å². The second-order valence-electron chi connectivity index (χ2n) is 9.46. The third-order valence-corrected chi connectivity index (χ3v) is 8.11. The number of nitrogens with zero attached hydrogens (tertiary/aromatic N) is 4. The van der Waals surface area contributed by atoms with Crippen molar-refractivity contribution >= 4 is 73.4 Å². The van der Waals surface area contributed by atoms with Gasteiger partial charge >= 0.3 is 5.69 Å². The zero-order valence-corrected chi connectivity index (χ0v) is 27.9. The highest BCUT2D eigenvalue weighted by Crippen LogP contribution is 2.32. The van der Waals surface area contributed by atoms with Crippen LogP contribution in [0.5, 0.6) is 11.5 Å². The number of rotatable bonds is 10. The fourth-order valence-electron chi connectivity index (χ4n) is 4.63. The highest BCUT2D eigenvalue weighted by Gasteiger charge is 2.23. The Hall–Kier alpha value is -2.73. The summed E-state index contributed by atoms with van der Waals surface area (Å²) in [5, 5.41) is 26.0. The summed E-state index contributed by atoms with van der Waals surface area (Å²) < 4.78 is 6.48. The van der Waals surface area contributed by atoms with Gasteiger partial charge in [-0.05, 0) is 67.3 Å². The van der Waals surface area contributed by atoms with Crippen molar-refractivity contribution in [2.24, 2.45) is 4.99 Å². The number of hydrogen-bond donors (Lipinski definition) is 2. The predicted octanol–water partition coefficient (Wildman–Crippen LogP) is 6.90. The summed E-state index contributed by atoms with van der Waals surface area (Å²) in [6.45, 7) is 6.18. The zero-order valence-electron chi connectivity index (χ0n) is 23.1. The number of aromatic hydroxyl groups is 1. The molecular weight excluding hydrogens is 713 g/mol. The van der Waals surface area contributed by atoms with E-state index in [0.29, 0.717) is 68.8 Å². The number of nitro benzene ring substituents is 1. The highest BCUT2D eigenvalue weighted by molar-refractivity contribution is 9.10. The van der Waals surface area contributed by atoms with E-state index in [9.17, 15) is 15.2 Å². The number of benzene rings is 3. The molecule has 3 aromatic carbocycles. The van der Waals surface area contributed by atoms with Crippen LogP contribution in [0.25, 0.3) is 0 Å². The molecule has 0 radical (unpaired) electrons. The van der Waals surface area contributed by atoms with Gasteiger partial charge in [0.15, 0.2) is 11.7 Å². The number of ether oxygens (including phenoxy) is 1. The van der Waals surface area contributed by atoms with Crippen LogP contribution in [0.15, 0.2) is 64.1 Å². The molecule has 0 amide bonds. The first-order valence-electron chi connectivity index (χ1n) is 13.4. The number of nitrogens with one attached hydrogen (secondary N) is 1. The minimum absolute atomic E-state index is 0. The molecule has 3 aromatic rings. The average Bonchev–Trinajstić information content (AvgIpc) is 2.95. The molecule has 0 aromatic heterocycles. The molecule has 2 N–H and O–H groups in total. The third-order valence-electron chi connectivity index (χ3n) is 6.75. The summed E-state index contributed by atoms with van der Waals surface area (Å²) in [5.74, 6) is 1.30. The van der Waals surface area contributed by atoms with E-state index in [1.54, 1.807) is 30.3 Å². The maximum atomic E-state index is 11.4. The van der Waals surface area contributed by atoms with Crippen molar-refractivity contribution in [3.63, 3.8) is 0 Å². The van der Waals surface area contributed by atoms with Gasteiger partial charge in [-0.2, -0.15) is 0 Å². The minimum atomic E-state index is -0.423. The SMILES string of the molecule is Br.CCOc1cc(N2CCN(C(=NCCc3ccc(Cl)cc3Cl)NCCc3cc(O)ccc3Br)CC2)ccc1[N+](=O)[O-]. The van der Waals surface area contributed by atoms with Crippen molar-refractivity contribution in [3.05, 3.63) is 90.4 Å². The lowest BCUT2D eigenvalue weighted by Gasteiger charge is -2.38. The number of phenols is 1. The number of piperazine rings is 1. The van der Waals surface area contributed by atoms with Gasteiger partial charge in [0.1, 0.15) is 5.75 Å². The number of phenolic OH excluding ortho intramolecular Hbond substituents is 1. The first kappa shape index (κ1) is 33.8. The summed E-state index contributed by atoms with van der Waals surface area (Å²) in [7, 11) is 0. The molecule has 0 bridgehead atoms. The Bertz CT molecular complexity index is 1400. The van der Waals surface area contributed by atoms with Crippen LogP contribution in [0.2, 0.25) is 10.0 Å². The fourth-order valence-corrected chi connectivity index (χ4v) is 5.58. The van der Waals surface area contributed by atoms with Crippen LogP contribution in [0, 0.1) is 10.1 Å². The summed E-state index contributed by atoms with van der Waals surface area (Å²) in [4.78, 5) is 20.3. The quantitative estimate of drug-likeness (QED) is 0.101. The molecule has 0 spiro atoms. The van der Waals surface area contributed by atoms with Crippen LogP contribution in [-0.2, 0) is 12.8 Å². The van der Waals surface area contributed by atoms with E-state index in [1.807, 2.05) is 25.1 Å². The second kappa shape index (κ2) is 16.2. The lowest BCUT2D eigenvalue weighted by molar-refractivity contribution is -0.385. The Balaban J connectivity index is 0.00000484. The maximum Gasteiger partial charge on any atom is 0.311 e. The zero-order chi connectivity index (χ0) is 29.4. The van der Waals surface area contributed by atoms with Crippen molar-refractivity contribution in [3.8, 4) is 11.5 Å². The van der Waals surface area contributed by atoms with Gasteiger partial charge in [0, 0.05) is 71.6 Å². The van der Waals surface area contributed by atoms with Gasteiger partial charge in [-0.25, -0.2) is 0 Å². The van der Waals surface area contributed by atoms with Crippen LogP contribution < -0.4 is 15.0 Å². The Morgan fingerprint density at radius 3 is 2.52 bits per heavy atom. The monoisotopic (exact) mass is 743 g/mol. The number of aliphatic imine (C=N–C) groups is 1. The summed E-state index contributed by atoms with van der Waals surface area (Å²) in [6.07, 6.45) is 1.36. The Morgan fingerprint density at radius 2 is 1.83 bits per heavy atom. The molecule has 0 saturated carbocycles. The van der Waals surface area contributed by atoms with E-state index < -0.39 is 4.92 Å². The number of hydrogen-bond acceptors (Lipinski definition) is 6. The van der Waals surface area contributed by atoms with Crippen LogP contribution >= 0.6 is 56.1 Å². The normalized spacial score (nSPS) is 13.5.